The maximum absolute atomic E-state index is 12.3. The molecule has 0 bridgehead atoms. The molecule has 0 aliphatic carbocycles. The highest BCUT2D eigenvalue weighted by Gasteiger charge is 2.10. The van der Waals surface area contributed by atoms with Crippen molar-refractivity contribution >= 4 is 11.6 Å². The smallest absolute Gasteiger partial charge is 0.276 e. The number of nitrogens with one attached hydrogen (secondary N) is 1. The highest BCUT2D eigenvalue weighted by Crippen LogP contribution is 2.14. The fourth-order valence-electron chi connectivity index (χ4n) is 2.15. The van der Waals surface area contributed by atoms with Gasteiger partial charge in [0, 0.05) is 18.9 Å². The maximum Gasteiger partial charge on any atom is 0.276 e. The van der Waals surface area contributed by atoms with Crippen LogP contribution in [-0.2, 0) is 11.3 Å². The first kappa shape index (κ1) is 15.9. The minimum atomic E-state index is -0.351. The van der Waals surface area contributed by atoms with Crippen LogP contribution in [0, 0.1) is 13.8 Å². The largest absolute Gasteiger partial charge is 0.383 e. The number of benzene rings is 1. The lowest BCUT2D eigenvalue weighted by atomic mass is 10.1. The van der Waals surface area contributed by atoms with E-state index in [1.54, 1.807) is 7.11 Å². The van der Waals surface area contributed by atoms with Gasteiger partial charge in [-0.1, -0.05) is 6.07 Å². The van der Waals surface area contributed by atoms with E-state index in [1.165, 1.54) is 16.8 Å². The van der Waals surface area contributed by atoms with Crippen molar-refractivity contribution in [3.63, 3.8) is 0 Å². The SMILES string of the molecule is COCCn1nc(C(=O)Nc2cc(C)cc(C)c2)ccc1=O. The highest BCUT2D eigenvalue weighted by atomic mass is 16.5. The summed E-state index contributed by atoms with van der Waals surface area (Å²) in [5.41, 5.74) is 2.76. The van der Waals surface area contributed by atoms with Crippen LogP contribution in [0.5, 0.6) is 0 Å². The van der Waals surface area contributed by atoms with Gasteiger partial charge in [0.1, 0.15) is 5.69 Å². The van der Waals surface area contributed by atoms with Crippen LogP contribution in [0.25, 0.3) is 0 Å². The number of aryl methyl sites for hydroxylation is 2. The molecule has 1 heterocycles. The first-order valence-corrected chi connectivity index (χ1v) is 6.96. The van der Waals surface area contributed by atoms with Gasteiger partial charge in [-0.25, -0.2) is 4.68 Å². The number of hydrogen-bond acceptors (Lipinski definition) is 4. The number of amides is 1. The minimum Gasteiger partial charge on any atom is -0.383 e. The maximum atomic E-state index is 12.3. The third-order valence-corrected chi connectivity index (χ3v) is 3.09. The Kier molecular flexibility index (Phi) is 5.06. The fourth-order valence-corrected chi connectivity index (χ4v) is 2.15. The third-order valence-electron chi connectivity index (χ3n) is 3.09. The molecule has 22 heavy (non-hydrogen) atoms. The minimum absolute atomic E-state index is 0.190. The molecule has 1 N–H and O–H groups in total. The lowest BCUT2D eigenvalue weighted by Gasteiger charge is -2.09. The number of hydrogen-bond donors (Lipinski definition) is 1. The zero-order valence-corrected chi connectivity index (χ0v) is 12.9. The molecule has 2 rings (SSSR count). The summed E-state index contributed by atoms with van der Waals surface area (Å²) < 4.78 is 6.14. The molecule has 0 fully saturated rings. The number of carbonyl (C=O) groups is 1. The fraction of sp³-hybridized carbons (Fsp3) is 0.312. The van der Waals surface area contributed by atoms with Crippen molar-refractivity contribution in [1.29, 1.82) is 0 Å². The second-order valence-electron chi connectivity index (χ2n) is 5.10. The van der Waals surface area contributed by atoms with E-state index in [0.717, 1.165) is 11.1 Å². The first-order valence-electron chi connectivity index (χ1n) is 6.96. The number of anilines is 1. The molecular formula is C16H19N3O3. The van der Waals surface area contributed by atoms with Crippen LogP contribution in [0.2, 0.25) is 0 Å². The summed E-state index contributed by atoms with van der Waals surface area (Å²) in [4.78, 5) is 23.9. The number of nitrogens with zero attached hydrogens (tertiary/aromatic N) is 2. The van der Waals surface area contributed by atoms with Gasteiger partial charge < -0.3 is 10.1 Å². The lowest BCUT2D eigenvalue weighted by Crippen LogP contribution is -2.27. The predicted molar refractivity (Wildman–Crippen MR) is 84.2 cm³/mol. The van der Waals surface area contributed by atoms with Crippen LogP contribution in [0.1, 0.15) is 21.6 Å². The van der Waals surface area contributed by atoms with E-state index in [1.807, 2.05) is 32.0 Å². The second kappa shape index (κ2) is 7.00. The lowest BCUT2D eigenvalue weighted by molar-refractivity contribution is 0.101. The van der Waals surface area contributed by atoms with Crippen LogP contribution in [0.15, 0.2) is 35.1 Å². The number of ether oxygens (including phenoxy) is 1. The van der Waals surface area contributed by atoms with E-state index in [0.29, 0.717) is 18.8 Å². The quantitative estimate of drug-likeness (QED) is 0.913. The van der Waals surface area contributed by atoms with Crippen molar-refractivity contribution in [3.8, 4) is 0 Å². The van der Waals surface area contributed by atoms with Gasteiger partial charge in [-0.3, -0.25) is 9.59 Å². The Morgan fingerprint density at radius 2 is 1.91 bits per heavy atom. The molecule has 0 saturated carbocycles. The summed E-state index contributed by atoms with van der Waals surface area (Å²) in [5, 5.41) is 6.86. The zero-order chi connectivity index (χ0) is 16.1. The molecule has 0 radical (unpaired) electrons. The molecule has 1 aromatic carbocycles. The third kappa shape index (κ3) is 4.02. The zero-order valence-electron chi connectivity index (χ0n) is 12.9. The van der Waals surface area contributed by atoms with E-state index in [-0.39, 0.29) is 17.2 Å². The van der Waals surface area contributed by atoms with Crippen LogP contribution >= 0.6 is 0 Å². The summed E-state index contributed by atoms with van der Waals surface area (Å²) >= 11 is 0. The number of methoxy groups -OCH3 is 1. The van der Waals surface area contributed by atoms with E-state index in [2.05, 4.69) is 10.4 Å². The second-order valence-corrected chi connectivity index (χ2v) is 5.10. The van der Waals surface area contributed by atoms with Crippen LogP contribution in [-0.4, -0.2) is 29.4 Å². The Morgan fingerprint density at radius 3 is 2.55 bits per heavy atom. The molecule has 0 atom stereocenters. The van der Waals surface area contributed by atoms with Gasteiger partial charge in [0.05, 0.1) is 13.2 Å². The van der Waals surface area contributed by atoms with Crippen molar-refractivity contribution in [2.24, 2.45) is 0 Å². The highest BCUT2D eigenvalue weighted by molar-refractivity contribution is 6.02. The molecule has 1 aromatic heterocycles. The van der Waals surface area contributed by atoms with Crippen molar-refractivity contribution in [2.75, 3.05) is 19.0 Å². The molecule has 0 saturated heterocycles. The van der Waals surface area contributed by atoms with E-state index in [9.17, 15) is 9.59 Å². The first-order chi connectivity index (χ1) is 10.5. The van der Waals surface area contributed by atoms with Crippen LogP contribution in [0.3, 0.4) is 0 Å². The summed E-state index contributed by atoms with van der Waals surface area (Å²) in [6, 6.07) is 8.54. The Morgan fingerprint density at radius 1 is 1.23 bits per heavy atom. The molecule has 0 aliphatic heterocycles. The number of rotatable bonds is 5. The molecule has 116 valence electrons. The van der Waals surface area contributed by atoms with Crippen molar-refractivity contribution in [2.45, 2.75) is 20.4 Å². The van der Waals surface area contributed by atoms with Gasteiger partial charge >= 0.3 is 0 Å². The molecule has 6 nitrogen and oxygen atoms in total. The summed E-state index contributed by atoms with van der Waals surface area (Å²) in [7, 11) is 1.54. The molecule has 0 aliphatic rings. The van der Waals surface area contributed by atoms with Gasteiger partial charge in [0.2, 0.25) is 0 Å². The monoisotopic (exact) mass is 301 g/mol. The predicted octanol–water partition coefficient (Wildman–Crippen LogP) is 1.76. The van der Waals surface area contributed by atoms with Gasteiger partial charge in [-0.15, -0.1) is 0 Å². The van der Waals surface area contributed by atoms with Gasteiger partial charge in [0.25, 0.3) is 11.5 Å². The topological polar surface area (TPSA) is 73.2 Å². The Balaban J connectivity index is 2.20. The van der Waals surface area contributed by atoms with Gasteiger partial charge in [-0.05, 0) is 43.2 Å². The molecular weight excluding hydrogens is 282 g/mol. The van der Waals surface area contributed by atoms with Gasteiger partial charge in [-0.2, -0.15) is 5.10 Å². The van der Waals surface area contributed by atoms with Crippen molar-refractivity contribution in [3.05, 3.63) is 57.5 Å². The Hall–Kier alpha value is -2.47. The van der Waals surface area contributed by atoms with E-state index in [4.69, 9.17) is 4.74 Å². The van der Waals surface area contributed by atoms with Crippen LogP contribution < -0.4 is 10.9 Å². The average Bonchev–Trinajstić information content (AvgIpc) is 2.45. The number of aromatic nitrogens is 2. The molecule has 2 aromatic rings. The number of carbonyl (C=O) groups excluding carboxylic acids is 1. The summed E-state index contributed by atoms with van der Waals surface area (Å²) in [6.07, 6.45) is 0. The molecule has 0 spiro atoms. The van der Waals surface area contributed by atoms with E-state index >= 15 is 0 Å². The van der Waals surface area contributed by atoms with E-state index < -0.39 is 0 Å². The summed E-state index contributed by atoms with van der Waals surface area (Å²) in [6.45, 7) is 4.59. The molecule has 6 heteroatoms. The average molecular weight is 301 g/mol. The van der Waals surface area contributed by atoms with Crippen LogP contribution in [0.4, 0.5) is 5.69 Å². The normalized spacial score (nSPS) is 10.5. The van der Waals surface area contributed by atoms with Crippen molar-refractivity contribution < 1.29 is 9.53 Å². The molecule has 1 amide bonds. The van der Waals surface area contributed by atoms with Crippen molar-refractivity contribution in [1.82, 2.24) is 9.78 Å². The Labute approximate surface area is 128 Å². The van der Waals surface area contributed by atoms with Gasteiger partial charge in [0.15, 0.2) is 0 Å². The standard InChI is InChI=1S/C16H19N3O3/c1-11-8-12(2)10-13(9-11)17-16(21)14-4-5-15(20)19(18-14)6-7-22-3/h4-5,8-10H,6-7H2,1-3H3,(H,17,21). The Bertz CT molecular complexity index is 717. The summed E-state index contributed by atoms with van der Waals surface area (Å²) in [5.74, 6) is -0.351. The molecule has 0 unspecified atom stereocenters.